The summed E-state index contributed by atoms with van der Waals surface area (Å²) in [4.78, 5) is 20.0. The zero-order valence-corrected chi connectivity index (χ0v) is 22.3. The highest BCUT2D eigenvalue weighted by Crippen LogP contribution is 2.28. The van der Waals surface area contributed by atoms with Gasteiger partial charge in [-0.1, -0.05) is 12.1 Å². The molecule has 3 heterocycles. The van der Waals surface area contributed by atoms with Gasteiger partial charge in [-0.15, -0.1) is 0 Å². The Morgan fingerprint density at radius 3 is 2.71 bits per heavy atom. The number of benzene rings is 1. The molecule has 0 atom stereocenters. The second kappa shape index (κ2) is 11.4. The first-order valence-corrected chi connectivity index (χ1v) is 13.7. The van der Waals surface area contributed by atoms with Gasteiger partial charge < -0.3 is 15.0 Å². The Kier molecular flexibility index (Phi) is 7.93. The lowest BCUT2D eigenvalue weighted by Crippen LogP contribution is -2.38. The van der Waals surface area contributed by atoms with E-state index in [1.54, 1.807) is 10.7 Å². The third-order valence-electron chi connectivity index (χ3n) is 7.82. The summed E-state index contributed by atoms with van der Waals surface area (Å²) in [5.74, 6) is -1.93. The first kappa shape index (κ1) is 26.5. The smallest absolute Gasteiger partial charge is 0.278 e. The van der Waals surface area contributed by atoms with Crippen molar-refractivity contribution in [1.29, 1.82) is 0 Å². The van der Waals surface area contributed by atoms with E-state index in [1.165, 1.54) is 5.56 Å². The molecule has 1 saturated carbocycles. The van der Waals surface area contributed by atoms with Crippen molar-refractivity contribution in [2.75, 3.05) is 26.2 Å². The van der Waals surface area contributed by atoms with Gasteiger partial charge in [-0.2, -0.15) is 5.10 Å². The van der Waals surface area contributed by atoms with Crippen molar-refractivity contribution < 1.29 is 18.3 Å². The van der Waals surface area contributed by atoms with Gasteiger partial charge in [0.15, 0.2) is 6.61 Å². The van der Waals surface area contributed by atoms with Crippen molar-refractivity contribution in [3.05, 3.63) is 53.3 Å². The predicted molar refractivity (Wildman–Crippen MR) is 143 cm³/mol. The lowest BCUT2D eigenvalue weighted by atomic mass is 9.84. The fourth-order valence-electron chi connectivity index (χ4n) is 5.70. The minimum absolute atomic E-state index is 0.0123. The average Bonchev–Trinajstić information content (AvgIpc) is 3.16. The summed E-state index contributed by atoms with van der Waals surface area (Å²) < 4.78 is 33.2. The first-order chi connectivity index (χ1) is 18.2. The van der Waals surface area contributed by atoms with Gasteiger partial charge in [0.25, 0.3) is 11.8 Å². The molecule has 38 heavy (non-hydrogen) atoms. The molecule has 7 nitrogen and oxygen atoms in total. The van der Waals surface area contributed by atoms with Crippen LogP contribution in [0, 0.1) is 5.92 Å². The summed E-state index contributed by atoms with van der Waals surface area (Å²) in [6.45, 7) is 3.13. The van der Waals surface area contributed by atoms with Gasteiger partial charge in [0, 0.05) is 62.9 Å². The summed E-state index contributed by atoms with van der Waals surface area (Å²) in [5, 5.41) is 8.56. The predicted octanol–water partition coefficient (Wildman–Crippen LogP) is 4.78. The second-order valence-electron chi connectivity index (χ2n) is 11.0. The number of pyridine rings is 1. The van der Waals surface area contributed by atoms with E-state index < -0.39 is 12.5 Å². The van der Waals surface area contributed by atoms with Crippen LogP contribution in [0.2, 0.25) is 0 Å². The van der Waals surface area contributed by atoms with Crippen LogP contribution in [0.15, 0.2) is 36.5 Å². The molecular formula is C29H37F2N5O2. The number of alkyl halides is 2. The van der Waals surface area contributed by atoms with Crippen LogP contribution in [0.3, 0.4) is 0 Å². The van der Waals surface area contributed by atoms with E-state index in [0.717, 1.165) is 88.1 Å². The number of hydrogen-bond acceptors (Lipinski definition) is 5. The largest absolute Gasteiger partial charge is 0.471 e. The highest BCUT2D eigenvalue weighted by molar-refractivity contribution is 6.06. The third kappa shape index (κ3) is 6.67. The molecular weight excluding hydrogens is 488 g/mol. The van der Waals surface area contributed by atoms with Crippen molar-refractivity contribution in [3.8, 4) is 5.88 Å². The highest BCUT2D eigenvalue weighted by Gasteiger charge is 2.25. The summed E-state index contributed by atoms with van der Waals surface area (Å²) in [6, 6.07) is 9.58. The summed E-state index contributed by atoms with van der Waals surface area (Å²) in [7, 11) is 1.87. The maximum absolute atomic E-state index is 13.1. The number of rotatable bonds is 8. The molecule has 0 unspecified atom stereocenters. The SMILES string of the molecule is Cn1cc2c(C(=O)NC3CCC(CCN4CCc5ccc(OCC(C)(F)F)nc5CC4)CC3)cccc2n1. The lowest BCUT2D eigenvalue weighted by molar-refractivity contribution is -0.0243. The highest BCUT2D eigenvalue weighted by atomic mass is 19.3. The number of carbonyl (C=O) groups excluding carboxylic acids is 1. The van der Waals surface area contributed by atoms with E-state index in [4.69, 9.17) is 4.74 Å². The Morgan fingerprint density at radius 2 is 1.92 bits per heavy atom. The molecule has 204 valence electrons. The maximum atomic E-state index is 13.1. The molecule has 1 aromatic carbocycles. The molecule has 1 amide bonds. The molecule has 1 aliphatic carbocycles. The molecule has 1 N–H and O–H groups in total. The van der Waals surface area contributed by atoms with Crippen LogP contribution in [-0.4, -0.2) is 63.8 Å². The van der Waals surface area contributed by atoms with E-state index in [0.29, 0.717) is 11.5 Å². The lowest BCUT2D eigenvalue weighted by Gasteiger charge is -2.30. The topological polar surface area (TPSA) is 72.3 Å². The number of nitrogens with zero attached hydrogens (tertiary/aromatic N) is 4. The van der Waals surface area contributed by atoms with Crippen molar-refractivity contribution in [3.63, 3.8) is 0 Å². The van der Waals surface area contributed by atoms with Gasteiger partial charge in [0.2, 0.25) is 5.88 Å². The Bertz CT molecular complexity index is 1260. The molecule has 0 bridgehead atoms. The van der Waals surface area contributed by atoms with Gasteiger partial charge in [0.05, 0.1) is 11.1 Å². The van der Waals surface area contributed by atoms with E-state index in [2.05, 4.69) is 20.3 Å². The zero-order valence-electron chi connectivity index (χ0n) is 22.3. The molecule has 2 aliphatic rings. The summed E-state index contributed by atoms with van der Waals surface area (Å²) >= 11 is 0. The normalized spacial score (nSPS) is 20.6. The van der Waals surface area contributed by atoms with Crippen molar-refractivity contribution in [1.82, 2.24) is 25.0 Å². The molecule has 9 heteroatoms. The van der Waals surface area contributed by atoms with E-state index in [-0.39, 0.29) is 17.8 Å². The molecule has 0 spiro atoms. The van der Waals surface area contributed by atoms with Crippen LogP contribution in [0.1, 0.15) is 60.6 Å². The number of nitrogens with one attached hydrogen (secondary N) is 1. The number of aromatic nitrogens is 3. The van der Waals surface area contributed by atoms with E-state index >= 15 is 0 Å². The van der Waals surface area contributed by atoms with Gasteiger partial charge in [-0.3, -0.25) is 9.48 Å². The van der Waals surface area contributed by atoms with E-state index in [9.17, 15) is 13.6 Å². The summed E-state index contributed by atoms with van der Waals surface area (Å²) in [6.07, 6.45) is 9.04. The number of carbonyl (C=O) groups is 1. The number of fused-ring (bicyclic) bond motifs is 2. The molecule has 3 aromatic rings. The Balaban J connectivity index is 1.06. The van der Waals surface area contributed by atoms with Crippen LogP contribution in [0.25, 0.3) is 10.9 Å². The van der Waals surface area contributed by atoms with Crippen molar-refractivity contribution in [2.45, 2.75) is 63.8 Å². The molecule has 1 aliphatic heterocycles. The van der Waals surface area contributed by atoms with Crippen LogP contribution >= 0.6 is 0 Å². The fraction of sp³-hybridized carbons (Fsp3) is 0.552. The monoisotopic (exact) mass is 525 g/mol. The molecule has 5 rings (SSSR count). The molecule has 0 radical (unpaired) electrons. The molecule has 2 aromatic heterocycles. The Labute approximate surface area is 222 Å². The number of hydrogen-bond donors (Lipinski definition) is 1. The summed E-state index contributed by atoms with van der Waals surface area (Å²) in [5.41, 5.74) is 3.67. The number of aryl methyl sites for hydroxylation is 1. The quantitative estimate of drug-likeness (QED) is 0.458. The van der Waals surface area contributed by atoms with Crippen molar-refractivity contribution >= 4 is 16.8 Å². The van der Waals surface area contributed by atoms with Gasteiger partial charge in [-0.05, 0) is 68.7 Å². The van der Waals surface area contributed by atoms with Gasteiger partial charge in [-0.25, -0.2) is 13.8 Å². The molecule has 1 fully saturated rings. The minimum Gasteiger partial charge on any atom is -0.471 e. The number of halogens is 2. The minimum atomic E-state index is -2.87. The number of amides is 1. The van der Waals surface area contributed by atoms with Crippen LogP contribution < -0.4 is 10.1 Å². The third-order valence-corrected chi connectivity index (χ3v) is 7.82. The van der Waals surface area contributed by atoms with Gasteiger partial charge >= 0.3 is 0 Å². The Morgan fingerprint density at radius 1 is 1.13 bits per heavy atom. The average molecular weight is 526 g/mol. The molecule has 0 saturated heterocycles. The maximum Gasteiger partial charge on any atom is 0.278 e. The van der Waals surface area contributed by atoms with E-state index in [1.807, 2.05) is 37.5 Å². The second-order valence-corrected chi connectivity index (χ2v) is 11.0. The van der Waals surface area contributed by atoms with Crippen LogP contribution in [0.4, 0.5) is 8.78 Å². The zero-order chi connectivity index (χ0) is 26.7. The van der Waals surface area contributed by atoms with Crippen LogP contribution in [-0.2, 0) is 19.9 Å². The van der Waals surface area contributed by atoms with Gasteiger partial charge in [0.1, 0.15) is 0 Å². The Hall–Kier alpha value is -3.07. The fourth-order valence-corrected chi connectivity index (χ4v) is 5.70. The standard InChI is InChI=1S/C29H37F2N5O2/c1-29(30,31)19-38-27-11-8-21-13-16-36(17-14-25(21)33-27)15-12-20-6-9-22(10-7-20)32-28(37)23-4-3-5-26-24(23)18-35(2)34-26/h3-5,8,11,18,20,22H,6-7,9-10,12-17,19H2,1-2H3,(H,32,37). The van der Waals surface area contributed by atoms with Crippen molar-refractivity contribution in [2.24, 2.45) is 13.0 Å². The number of ether oxygens (including phenoxy) is 1. The van der Waals surface area contributed by atoms with Crippen LogP contribution in [0.5, 0.6) is 5.88 Å². The first-order valence-electron chi connectivity index (χ1n) is 13.7.